The molecule has 0 bridgehead atoms. The van der Waals surface area contributed by atoms with Crippen LogP contribution >= 0.6 is 11.6 Å². The molecule has 2 atom stereocenters. The van der Waals surface area contributed by atoms with Crippen molar-refractivity contribution in [2.24, 2.45) is 0 Å². The van der Waals surface area contributed by atoms with Crippen LogP contribution in [0.5, 0.6) is 0 Å². The Morgan fingerprint density at radius 2 is 2.13 bits per heavy atom. The lowest BCUT2D eigenvalue weighted by molar-refractivity contribution is -0.162. The minimum absolute atomic E-state index is 0.100. The zero-order valence-corrected chi connectivity index (χ0v) is 14.0. The molecule has 0 unspecified atom stereocenters. The Hall–Kier alpha value is -1.63. The molecule has 1 saturated heterocycles. The van der Waals surface area contributed by atoms with Gasteiger partial charge in [-0.1, -0.05) is 23.7 Å². The first-order valence-electron chi connectivity index (χ1n) is 7.44. The van der Waals surface area contributed by atoms with E-state index in [1.54, 1.807) is 43.3 Å². The molecule has 0 spiro atoms. The number of methoxy groups -OCH3 is 1. The van der Waals surface area contributed by atoms with E-state index in [1.165, 1.54) is 0 Å². The number of carbonyl (C=O) groups is 2. The summed E-state index contributed by atoms with van der Waals surface area (Å²) in [6.07, 6.45) is -0.0311. The van der Waals surface area contributed by atoms with Crippen molar-refractivity contribution in [3.63, 3.8) is 0 Å². The fourth-order valence-electron chi connectivity index (χ4n) is 2.52. The number of benzene rings is 1. The Bertz CT molecular complexity index is 550. The Kier molecular flexibility index (Phi) is 6.38. The summed E-state index contributed by atoms with van der Waals surface area (Å²) in [4.78, 5) is 25.9. The molecule has 1 aliphatic rings. The normalized spacial score (nSPS) is 21.3. The van der Waals surface area contributed by atoms with Crippen LogP contribution in [0, 0.1) is 0 Å². The highest BCUT2D eigenvalue weighted by Crippen LogP contribution is 2.30. The number of amides is 2. The second-order valence-corrected chi connectivity index (χ2v) is 5.81. The number of nitrogens with zero attached hydrogens (tertiary/aromatic N) is 1. The number of nitrogens with one attached hydrogen (secondary N) is 1. The van der Waals surface area contributed by atoms with Crippen molar-refractivity contribution in [3.05, 3.63) is 34.9 Å². The molecule has 1 fully saturated rings. The molecule has 1 aromatic rings. The Balaban J connectivity index is 2.13. The monoisotopic (exact) mass is 340 g/mol. The average molecular weight is 341 g/mol. The number of rotatable bonds is 6. The summed E-state index contributed by atoms with van der Waals surface area (Å²) in [5.41, 5.74) is 0.807. The van der Waals surface area contributed by atoms with Crippen molar-refractivity contribution in [2.45, 2.75) is 18.6 Å². The van der Waals surface area contributed by atoms with Gasteiger partial charge in [-0.2, -0.15) is 0 Å². The summed E-state index contributed by atoms with van der Waals surface area (Å²) >= 11 is 5.91. The van der Waals surface area contributed by atoms with Gasteiger partial charge >= 0.3 is 0 Å². The molecular weight excluding hydrogens is 320 g/mol. The van der Waals surface area contributed by atoms with E-state index in [9.17, 15) is 9.59 Å². The van der Waals surface area contributed by atoms with Gasteiger partial charge in [0.15, 0.2) is 6.10 Å². The van der Waals surface area contributed by atoms with Crippen molar-refractivity contribution in [1.29, 1.82) is 0 Å². The lowest BCUT2D eigenvalue weighted by Gasteiger charge is -2.38. The van der Waals surface area contributed by atoms with E-state index in [1.807, 2.05) is 0 Å². The van der Waals surface area contributed by atoms with Crippen LogP contribution in [0.3, 0.4) is 0 Å². The van der Waals surface area contributed by atoms with Crippen molar-refractivity contribution >= 4 is 23.4 Å². The van der Waals surface area contributed by atoms with Crippen LogP contribution in [0.4, 0.5) is 0 Å². The van der Waals surface area contributed by atoms with Gasteiger partial charge in [0.2, 0.25) is 5.91 Å². The van der Waals surface area contributed by atoms with E-state index in [-0.39, 0.29) is 18.4 Å². The number of hydrogen-bond acceptors (Lipinski definition) is 4. The number of likely N-dealkylation sites (N-methyl/N-ethyl adjacent to an activating group) is 1. The minimum atomic E-state index is -0.749. The standard InChI is InChI=1S/C16H21ClN2O4/c1-19-13(20)10-23-15(16(21)18-8-3-9-22-2)14(19)11-4-6-12(17)7-5-11/h4-7,14-15H,3,8-10H2,1-2H3,(H,18,21)/t14-,15-/m0/s1. The lowest BCUT2D eigenvalue weighted by atomic mass is 9.97. The molecule has 1 N–H and O–H groups in total. The van der Waals surface area contributed by atoms with Gasteiger partial charge in [-0.05, 0) is 24.1 Å². The summed E-state index contributed by atoms with van der Waals surface area (Å²) in [6.45, 7) is 0.971. The third kappa shape index (κ3) is 4.43. The largest absolute Gasteiger partial charge is 0.385 e. The van der Waals surface area contributed by atoms with E-state index in [4.69, 9.17) is 21.1 Å². The van der Waals surface area contributed by atoms with Crippen LogP contribution in [0.2, 0.25) is 5.02 Å². The summed E-state index contributed by atoms with van der Waals surface area (Å²) in [6, 6.07) is 6.60. The smallest absolute Gasteiger partial charge is 0.251 e. The maximum atomic E-state index is 12.4. The highest BCUT2D eigenvalue weighted by molar-refractivity contribution is 6.30. The number of halogens is 1. The Morgan fingerprint density at radius 1 is 1.43 bits per heavy atom. The van der Waals surface area contributed by atoms with Crippen LogP contribution in [-0.2, 0) is 19.1 Å². The molecule has 7 heteroatoms. The molecule has 6 nitrogen and oxygen atoms in total. The van der Waals surface area contributed by atoms with E-state index < -0.39 is 12.1 Å². The van der Waals surface area contributed by atoms with Crippen molar-refractivity contribution < 1.29 is 19.1 Å². The lowest BCUT2D eigenvalue weighted by Crippen LogP contribution is -2.53. The molecule has 23 heavy (non-hydrogen) atoms. The average Bonchev–Trinajstić information content (AvgIpc) is 2.55. The molecule has 1 aliphatic heterocycles. The predicted octanol–water partition coefficient (Wildman–Crippen LogP) is 1.39. The summed E-state index contributed by atoms with van der Waals surface area (Å²) in [5.74, 6) is -0.395. The quantitative estimate of drug-likeness (QED) is 0.795. The SMILES string of the molecule is COCCCNC(=O)[C@H]1OCC(=O)N(C)[C@H]1c1ccc(Cl)cc1. The summed E-state index contributed by atoms with van der Waals surface area (Å²) in [5, 5.41) is 3.42. The van der Waals surface area contributed by atoms with E-state index in [0.29, 0.717) is 18.2 Å². The molecule has 0 aromatic heterocycles. The van der Waals surface area contributed by atoms with E-state index in [2.05, 4.69) is 5.32 Å². The van der Waals surface area contributed by atoms with Gasteiger partial charge in [0.05, 0.1) is 6.04 Å². The third-order valence-electron chi connectivity index (χ3n) is 3.78. The molecule has 2 amide bonds. The van der Waals surface area contributed by atoms with Gasteiger partial charge in [-0.25, -0.2) is 0 Å². The second kappa shape index (κ2) is 8.29. The highest BCUT2D eigenvalue weighted by Gasteiger charge is 2.39. The highest BCUT2D eigenvalue weighted by atomic mass is 35.5. The maximum absolute atomic E-state index is 12.4. The first-order chi connectivity index (χ1) is 11.0. The van der Waals surface area contributed by atoms with Crippen LogP contribution < -0.4 is 5.32 Å². The fraction of sp³-hybridized carbons (Fsp3) is 0.500. The fourth-order valence-corrected chi connectivity index (χ4v) is 2.64. The predicted molar refractivity (Wildman–Crippen MR) is 86.2 cm³/mol. The molecule has 1 aromatic carbocycles. The first-order valence-corrected chi connectivity index (χ1v) is 7.81. The van der Waals surface area contributed by atoms with Crippen molar-refractivity contribution in [3.8, 4) is 0 Å². The van der Waals surface area contributed by atoms with Gasteiger partial charge in [0.25, 0.3) is 5.91 Å². The molecular formula is C16H21ClN2O4. The van der Waals surface area contributed by atoms with E-state index >= 15 is 0 Å². The topological polar surface area (TPSA) is 67.9 Å². The molecule has 1 heterocycles. The number of morpholine rings is 1. The van der Waals surface area contributed by atoms with Crippen LogP contribution in [0.1, 0.15) is 18.0 Å². The molecule has 0 radical (unpaired) electrons. The van der Waals surface area contributed by atoms with Gasteiger partial charge in [0, 0.05) is 32.3 Å². The van der Waals surface area contributed by atoms with Gasteiger partial charge in [-0.3, -0.25) is 9.59 Å². The first kappa shape index (κ1) is 17.7. The second-order valence-electron chi connectivity index (χ2n) is 5.37. The van der Waals surface area contributed by atoms with Gasteiger partial charge < -0.3 is 19.7 Å². The zero-order chi connectivity index (χ0) is 16.8. The van der Waals surface area contributed by atoms with Crippen LogP contribution in [0.15, 0.2) is 24.3 Å². The van der Waals surface area contributed by atoms with Crippen LogP contribution in [-0.4, -0.2) is 56.7 Å². The molecule has 0 saturated carbocycles. The zero-order valence-electron chi connectivity index (χ0n) is 13.3. The third-order valence-corrected chi connectivity index (χ3v) is 4.03. The summed E-state index contributed by atoms with van der Waals surface area (Å²) < 4.78 is 10.5. The summed E-state index contributed by atoms with van der Waals surface area (Å²) in [7, 11) is 3.29. The van der Waals surface area contributed by atoms with Crippen LogP contribution in [0.25, 0.3) is 0 Å². The van der Waals surface area contributed by atoms with Crippen molar-refractivity contribution in [2.75, 3.05) is 33.9 Å². The Labute approximate surface area is 140 Å². The number of carbonyl (C=O) groups excluding carboxylic acids is 2. The molecule has 0 aliphatic carbocycles. The van der Waals surface area contributed by atoms with Crippen molar-refractivity contribution in [1.82, 2.24) is 10.2 Å². The van der Waals surface area contributed by atoms with E-state index in [0.717, 1.165) is 12.0 Å². The van der Waals surface area contributed by atoms with Gasteiger partial charge in [-0.15, -0.1) is 0 Å². The molecule has 126 valence electrons. The number of ether oxygens (including phenoxy) is 2. The van der Waals surface area contributed by atoms with Gasteiger partial charge in [0.1, 0.15) is 6.61 Å². The maximum Gasteiger partial charge on any atom is 0.251 e. The minimum Gasteiger partial charge on any atom is -0.385 e. The molecule has 2 rings (SSSR count). The number of hydrogen-bond donors (Lipinski definition) is 1. The Morgan fingerprint density at radius 3 is 2.78 bits per heavy atom.